The largest absolute Gasteiger partial charge is 0.278 e. The fraction of sp³-hybridized carbons (Fsp3) is 0.188. The Hall–Kier alpha value is -2.49. The molecule has 3 aromatic rings. The lowest BCUT2D eigenvalue weighted by atomic mass is 10.0. The van der Waals surface area contributed by atoms with Crippen LogP contribution in [0, 0.1) is 6.92 Å². The maximum Gasteiger partial charge on any atom is 0.125 e. The quantitative estimate of drug-likeness (QED) is 0.788. The highest BCUT2D eigenvalue weighted by atomic mass is 15.1. The summed E-state index contributed by atoms with van der Waals surface area (Å²) >= 11 is 0. The van der Waals surface area contributed by atoms with Gasteiger partial charge in [0.25, 0.3) is 0 Å². The van der Waals surface area contributed by atoms with Gasteiger partial charge in [0.15, 0.2) is 0 Å². The van der Waals surface area contributed by atoms with Gasteiger partial charge < -0.3 is 0 Å². The molecule has 0 amide bonds. The van der Waals surface area contributed by atoms with Gasteiger partial charge >= 0.3 is 0 Å². The minimum atomic E-state index is 0.801. The van der Waals surface area contributed by atoms with Gasteiger partial charge in [0, 0.05) is 18.0 Å². The Labute approximate surface area is 117 Å². The van der Waals surface area contributed by atoms with Crippen LogP contribution in [-0.2, 0) is 6.42 Å². The first-order chi connectivity index (χ1) is 9.78. The second-order valence-corrected chi connectivity index (χ2v) is 4.69. The highest BCUT2D eigenvalue weighted by Crippen LogP contribution is 2.25. The summed E-state index contributed by atoms with van der Waals surface area (Å²) in [6.45, 7) is 4.04. The molecule has 0 bridgehead atoms. The van der Waals surface area contributed by atoms with Gasteiger partial charge in [0.05, 0.1) is 11.4 Å². The van der Waals surface area contributed by atoms with Gasteiger partial charge in [0.1, 0.15) is 5.82 Å². The number of nitrogens with one attached hydrogen (secondary N) is 1. The number of nitrogens with zero attached hydrogens (tertiary/aromatic N) is 3. The van der Waals surface area contributed by atoms with E-state index in [2.05, 4.69) is 51.4 Å². The highest BCUT2D eigenvalue weighted by molar-refractivity contribution is 5.68. The predicted octanol–water partition coefficient (Wildman–Crippen LogP) is 3.40. The summed E-state index contributed by atoms with van der Waals surface area (Å²) in [5.41, 5.74) is 5.46. The first-order valence-corrected chi connectivity index (χ1v) is 6.70. The molecule has 2 aromatic heterocycles. The molecule has 0 saturated heterocycles. The van der Waals surface area contributed by atoms with Crippen LogP contribution in [0.2, 0.25) is 0 Å². The Bertz CT molecular complexity index is 700. The number of H-pyrrole nitrogens is 1. The van der Waals surface area contributed by atoms with E-state index in [9.17, 15) is 0 Å². The molecule has 0 fully saturated rings. The van der Waals surface area contributed by atoms with Crippen LogP contribution < -0.4 is 0 Å². The van der Waals surface area contributed by atoms with E-state index in [-0.39, 0.29) is 0 Å². The molecular formula is C16H16N4. The predicted molar refractivity (Wildman–Crippen MR) is 79.2 cm³/mol. The second-order valence-electron chi connectivity index (χ2n) is 4.69. The monoisotopic (exact) mass is 264 g/mol. The molecule has 0 saturated carbocycles. The molecule has 0 aliphatic heterocycles. The van der Waals surface area contributed by atoms with Crippen LogP contribution >= 0.6 is 0 Å². The van der Waals surface area contributed by atoms with E-state index in [1.165, 1.54) is 5.56 Å². The minimum Gasteiger partial charge on any atom is -0.278 e. The van der Waals surface area contributed by atoms with Crippen LogP contribution in [0.4, 0.5) is 0 Å². The number of aryl methyl sites for hydroxylation is 2. The third-order valence-electron chi connectivity index (χ3n) is 3.34. The summed E-state index contributed by atoms with van der Waals surface area (Å²) in [7, 11) is 0. The van der Waals surface area contributed by atoms with Crippen molar-refractivity contribution in [3.05, 3.63) is 54.1 Å². The summed E-state index contributed by atoms with van der Waals surface area (Å²) in [5, 5.41) is 6.94. The summed E-state index contributed by atoms with van der Waals surface area (Å²) in [6, 6.07) is 10.3. The molecule has 4 heteroatoms. The number of rotatable bonds is 3. The van der Waals surface area contributed by atoms with Crippen molar-refractivity contribution in [2.45, 2.75) is 20.3 Å². The van der Waals surface area contributed by atoms with E-state index >= 15 is 0 Å². The Kier molecular flexibility index (Phi) is 3.29. The maximum atomic E-state index is 4.58. The van der Waals surface area contributed by atoms with Gasteiger partial charge in [-0.2, -0.15) is 5.10 Å². The highest BCUT2D eigenvalue weighted by Gasteiger charge is 2.07. The third-order valence-corrected chi connectivity index (χ3v) is 3.34. The molecule has 0 aliphatic rings. The van der Waals surface area contributed by atoms with Crippen LogP contribution in [0.25, 0.3) is 22.5 Å². The maximum absolute atomic E-state index is 4.58. The summed E-state index contributed by atoms with van der Waals surface area (Å²) in [5.74, 6) is 0.801. The van der Waals surface area contributed by atoms with Gasteiger partial charge in [-0.1, -0.05) is 31.2 Å². The van der Waals surface area contributed by atoms with Crippen molar-refractivity contribution >= 4 is 0 Å². The topological polar surface area (TPSA) is 54.5 Å². The Balaban J connectivity index is 2.01. The molecule has 20 heavy (non-hydrogen) atoms. The fourth-order valence-electron chi connectivity index (χ4n) is 2.23. The van der Waals surface area contributed by atoms with Gasteiger partial charge in [-0.15, -0.1) is 0 Å². The van der Waals surface area contributed by atoms with E-state index in [0.29, 0.717) is 0 Å². The van der Waals surface area contributed by atoms with E-state index in [0.717, 1.165) is 34.8 Å². The van der Waals surface area contributed by atoms with Crippen molar-refractivity contribution in [3.8, 4) is 22.5 Å². The zero-order valence-electron chi connectivity index (χ0n) is 11.6. The smallest absolute Gasteiger partial charge is 0.125 e. The van der Waals surface area contributed by atoms with E-state index in [4.69, 9.17) is 0 Å². The molecular weight excluding hydrogens is 248 g/mol. The molecule has 2 heterocycles. The molecule has 100 valence electrons. The van der Waals surface area contributed by atoms with Crippen molar-refractivity contribution in [3.63, 3.8) is 0 Å². The second kappa shape index (κ2) is 5.25. The third kappa shape index (κ3) is 2.32. The molecule has 1 N–H and O–H groups in total. The van der Waals surface area contributed by atoms with Crippen molar-refractivity contribution in [1.82, 2.24) is 20.2 Å². The standard InChI is InChI=1S/C16H16N4/c1-3-12-10-17-11(2)19-16(12)14-6-4-13(5-7-14)15-8-9-18-20-15/h4-10H,3H2,1-2H3,(H,18,20). The van der Waals surface area contributed by atoms with Gasteiger partial charge in [0.2, 0.25) is 0 Å². The number of aromatic amines is 1. The first kappa shape index (κ1) is 12.5. The van der Waals surface area contributed by atoms with Crippen LogP contribution in [-0.4, -0.2) is 20.2 Å². The van der Waals surface area contributed by atoms with Crippen molar-refractivity contribution in [1.29, 1.82) is 0 Å². The number of hydrogen-bond donors (Lipinski definition) is 1. The molecule has 0 atom stereocenters. The van der Waals surface area contributed by atoms with Crippen molar-refractivity contribution in [2.24, 2.45) is 0 Å². The molecule has 0 aliphatic carbocycles. The van der Waals surface area contributed by atoms with Gasteiger partial charge in [-0.25, -0.2) is 9.97 Å². The van der Waals surface area contributed by atoms with Crippen molar-refractivity contribution < 1.29 is 0 Å². The lowest BCUT2D eigenvalue weighted by Crippen LogP contribution is -1.97. The van der Waals surface area contributed by atoms with E-state index < -0.39 is 0 Å². The van der Waals surface area contributed by atoms with Gasteiger partial charge in [-0.3, -0.25) is 5.10 Å². The Morgan fingerprint density at radius 2 is 1.80 bits per heavy atom. The minimum absolute atomic E-state index is 0.801. The molecule has 0 radical (unpaired) electrons. The SMILES string of the molecule is CCc1cnc(C)nc1-c1ccc(-c2ccn[nH]2)cc1. The van der Waals surface area contributed by atoms with E-state index in [1.54, 1.807) is 6.20 Å². The van der Waals surface area contributed by atoms with Crippen LogP contribution in [0.1, 0.15) is 18.3 Å². The zero-order valence-corrected chi connectivity index (χ0v) is 11.6. The van der Waals surface area contributed by atoms with Crippen LogP contribution in [0.5, 0.6) is 0 Å². The average molecular weight is 264 g/mol. The molecule has 0 unspecified atom stereocenters. The molecule has 1 aromatic carbocycles. The Morgan fingerprint density at radius 3 is 2.45 bits per heavy atom. The molecule has 4 nitrogen and oxygen atoms in total. The first-order valence-electron chi connectivity index (χ1n) is 6.70. The Morgan fingerprint density at radius 1 is 1.05 bits per heavy atom. The zero-order chi connectivity index (χ0) is 13.9. The van der Waals surface area contributed by atoms with Crippen LogP contribution in [0.15, 0.2) is 42.7 Å². The molecule has 3 rings (SSSR count). The fourth-order valence-corrected chi connectivity index (χ4v) is 2.23. The number of hydrogen-bond acceptors (Lipinski definition) is 3. The average Bonchev–Trinajstić information content (AvgIpc) is 3.02. The summed E-state index contributed by atoms with van der Waals surface area (Å²) in [6.07, 6.45) is 4.60. The van der Waals surface area contributed by atoms with Gasteiger partial charge in [-0.05, 0) is 30.5 Å². The number of aromatic nitrogens is 4. The lowest BCUT2D eigenvalue weighted by Gasteiger charge is -2.08. The van der Waals surface area contributed by atoms with Crippen molar-refractivity contribution in [2.75, 3.05) is 0 Å². The lowest BCUT2D eigenvalue weighted by molar-refractivity contribution is 0.996. The molecule has 0 spiro atoms. The normalized spacial score (nSPS) is 10.7. The number of benzene rings is 1. The van der Waals surface area contributed by atoms with Crippen LogP contribution in [0.3, 0.4) is 0 Å². The summed E-state index contributed by atoms with van der Waals surface area (Å²) in [4.78, 5) is 8.85. The van der Waals surface area contributed by atoms with E-state index in [1.807, 2.05) is 19.2 Å². The summed E-state index contributed by atoms with van der Waals surface area (Å²) < 4.78 is 0.